The summed E-state index contributed by atoms with van der Waals surface area (Å²) in [5.41, 5.74) is 0. The van der Waals surface area contributed by atoms with Crippen molar-refractivity contribution in [1.29, 1.82) is 0 Å². The van der Waals surface area contributed by atoms with Gasteiger partial charge in [-0.05, 0) is 6.92 Å². The van der Waals surface area contributed by atoms with Crippen LogP contribution in [0.15, 0.2) is 8.80 Å². The molecule has 0 aromatic heterocycles. The molecule has 1 atom stereocenters. The van der Waals surface area contributed by atoms with Gasteiger partial charge in [0.05, 0.1) is 13.2 Å². The topological polar surface area (TPSA) is 66.3 Å². The molecule has 6 nitrogen and oxygen atoms in total. The number of likely N-dealkylation sites (N-methyl/N-ethyl adjacent to an activating group) is 1. The largest absolute Gasteiger partial charge is 0.378 e. The van der Waals surface area contributed by atoms with Gasteiger partial charge in [-0.25, -0.2) is 4.21 Å². The molecule has 2 aliphatic heterocycles. The lowest BCUT2D eigenvalue weighted by atomic mass is 10.3. The maximum atomic E-state index is 11.2. The molecule has 1 N–H and O–H groups in total. The fourth-order valence-corrected chi connectivity index (χ4v) is 2.21. The van der Waals surface area contributed by atoms with Crippen LogP contribution in [0.4, 0.5) is 0 Å². The minimum atomic E-state index is -1.46. The molecule has 0 aliphatic carbocycles. The smallest absolute Gasteiger partial charge is 0.269 e. The number of morpholine rings is 1. The van der Waals surface area contributed by atoms with Crippen LogP contribution in [0.2, 0.25) is 0 Å². The quantitative estimate of drug-likeness (QED) is 0.648. The molecular weight excluding hydrogens is 216 g/mol. The Kier molecular flexibility index (Phi) is 3.32. The lowest BCUT2D eigenvalue weighted by molar-refractivity contribution is 0.0689. The number of nitrogens with one attached hydrogen (secondary N) is 1. The van der Waals surface area contributed by atoms with E-state index in [4.69, 9.17) is 4.74 Å². The first-order valence-corrected chi connectivity index (χ1v) is 6.04. The first-order chi connectivity index (χ1) is 7.31. The van der Waals surface area contributed by atoms with E-state index in [0.29, 0.717) is 24.9 Å². The van der Waals surface area contributed by atoms with E-state index in [1.165, 1.54) is 0 Å². The molecule has 0 spiro atoms. The van der Waals surface area contributed by atoms with Crippen molar-refractivity contribution in [1.82, 2.24) is 10.2 Å². The number of hydrogen-bond acceptors (Lipinski definition) is 4. The highest BCUT2D eigenvalue weighted by Gasteiger charge is 2.25. The molecule has 7 heteroatoms. The summed E-state index contributed by atoms with van der Waals surface area (Å²) in [6.07, 6.45) is 0. The van der Waals surface area contributed by atoms with E-state index in [1.54, 1.807) is 0 Å². The van der Waals surface area contributed by atoms with Crippen LogP contribution in [0.25, 0.3) is 0 Å². The van der Waals surface area contributed by atoms with Crippen molar-refractivity contribution < 1.29 is 8.95 Å². The minimum Gasteiger partial charge on any atom is -0.378 e. The maximum absolute atomic E-state index is 11.2. The van der Waals surface area contributed by atoms with Crippen LogP contribution < -0.4 is 5.32 Å². The van der Waals surface area contributed by atoms with Crippen molar-refractivity contribution in [3.63, 3.8) is 0 Å². The maximum Gasteiger partial charge on any atom is 0.269 e. The zero-order chi connectivity index (χ0) is 10.7. The predicted octanol–water partition coefficient (Wildman–Crippen LogP) is -0.683. The van der Waals surface area contributed by atoms with Gasteiger partial charge in [0.1, 0.15) is 0 Å². The van der Waals surface area contributed by atoms with Crippen molar-refractivity contribution in [2.75, 3.05) is 32.8 Å². The van der Waals surface area contributed by atoms with Gasteiger partial charge in [-0.15, -0.1) is 8.80 Å². The van der Waals surface area contributed by atoms with E-state index in [0.717, 1.165) is 19.6 Å². The number of amidine groups is 2. The number of nitrogens with zero attached hydrogens (tertiary/aromatic N) is 3. The van der Waals surface area contributed by atoms with Gasteiger partial charge in [-0.1, -0.05) is 0 Å². The van der Waals surface area contributed by atoms with Crippen molar-refractivity contribution >= 4 is 22.8 Å². The van der Waals surface area contributed by atoms with Gasteiger partial charge in [0.25, 0.3) is 11.2 Å². The second-order valence-corrected chi connectivity index (χ2v) is 4.04. The summed E-state index contributed by atoms with van der Waals surface area (Å²) in [6, 6.07) is 0. The summed E-state index contributed by atoms with van der Waals surface area (Å²) in [5, 5.41) is 3.07. The van der Waals surface area contributed by atoms with E-state index in [-0.39, 0.29) is 0 Å². The normalized spacial score (nSPS) is 26.2. The SMILES string of the molecule is CCNC1=NS(=O)N=C1N1CCOCC1. The average molecular weight is 230 g/mol. The fraction of sp³-hybridized carbons (Fsp3) is 0.750. The Balaban J connectivity index is 2.09. The van der Waals surface area contributed by atoms with Gasteiger partial charge < -0.3 is 15.0 Å². The van der Waals surface area contributed by atoms with Gasteiger partial charge in [0.2, 0.25) is 0 Å². The van der Waals surface area contributed by atoms with Gasteiger partial charge in [0, 0.05) is 19.6 Å². The molecule has 0 radical (unpaired) electrons. The molecule has 0 bridgehead atoms. The van der Waals surface area contributed by atoms with Crippen LogP contribution in [0.5, 0.6) is 0 Å². The van der Waals surface area contributed by atoms with Crippen molar-refractivity contribution in [2.24, 2.45) is 8.80 Å². The molecule has 15 heavy (non-hydrogen) atoms. The van der Waals surface area contributed by atoms with Crippen molar-refractivity contribution in [2.45, 2.75) is 6.92 Å². The Morgan fingerprint density at radius 1 is 1.47 bits per heavy atom. The van der Waals surface area contributed by atoms with Crippen LogP contribution in [0.3, 0.4) is 0 Å². The second-order valence-electron chi connectivity index (χ2n) is 3.22. The third-order valence-electron chi connectivity index (χ3n) is 2.20. The molecule has 1 fully saturated rings. The van der Waals surface area contributed by atoms with Gasteiger partial charge in [-0.3, -0.25) is 0 Å². The third-order valence-corrected chi connectivity index (χ3v) is 2.87. The van der Waals surface area contributed by atoms with E-state index in [1.807, 2.05) is 6.92 Å². The average Bonchev–Trinajstić information content (AvgIpc) is 2.62. The first kappa shape index (κ1) is 10.6. The van der Waals surface area contributed by atoms with Crippen molar-refractivity contribution in [3.05, 3.63) is 0 Å². The standard InChI is InChI=1S/C8H14N4O2S/c1-2-9-7-8(11-15(13)10-7)12-3-5-14-6-4-12/h2-6H2,1H3,(H,9,10). The summed E-state index contributed by atoms with van der Waals surface area (Å²) >= 11 is -1.46. The highest BCUT2D eigenvalue weighted by Crippen LogP contribution is 2.07. The molecule has 1 unspecified atom stereocenters. The van der Waals surface area contributed by atoms with Gasteiger partial charge >= 0.3 is 0 Å². The fourth-order valence-electron chi connectivity index (χ4n) is 1.52. The van der Waals surface area contributed by atoms with Crippen molar-refractivity contribution in [3.8, 4) is 0 Å². The van der Waals surface area contributed by atoms with Crippen LogP contribution >= 0.6 is 0 Å². The molecule has 2 heterocycles. The van der Waals surface area contributed by atoms with Gasteiger partial charge in [-0.2, -0.15) is 0 Å². The van der Waals surface area contributed by atoms with Crippen LogP contribution in [-0.4, -0.2) is 53.6 Å². The van der Waals surface area contributed by atoms with E-state index < -0.39 is 11.2 Å². The zero-order valence-corrected chi connectivity index (χ0v) is 9.42. The summed E-state index contributed by atoms with van der Waals surface area (Å²) in [7, 11) is 0. The molecule has 0 saturated carbocycles. The summed E-state index contributed by atoms with van der Waals surface area (Å²) < 4.78 is 24.4. The minimum absolute atomic E-state index is 0.637. The lowest BCUT2D eigenvalue weighted by Crippen LogP contribution is -2.46. The Labute approximate surface area is 91.1 Å². The Morgan fingerprint density at radius 2 is 2.20 bits per heavy atom. The summed E-state index contributed by atoms with van der Waals surface area (Å²) in [6.45, 7) is 5.65. The van der Waals surface area contributed by atoms with E-state index >= 15 is 0 Å². The Hall–Kier alpha value is -0.950. The van der Waals surface area contributed by atoms with E-state index in [2.05, 4.69) is 19.0 Å². The summed E-state index contributed by atoms with van der Waals surface area (Å²) in [4.78, 5) is 2.05. The molecule has 0 amide bonds. The zero-order valence-electron chi connectivity index (χ0n) is 8.60. The second kappa shape index (κ2) is 4.71. The van der Waals surface area contributed by atoms with E-state index in [9.17, 15) is 4.21 Å². The number of rotatable bonds is 1. The predicted molar refractivity (Wildman–Crippen MR) is 59.1 cm³/mol. The van der Waals surface area contributed by atoms with Crippen LogP contribution in [-0.2, 0) is 15.9 Å². The molecule has 0 aromatic rings. The molecule has 0 aromatic carbocycles. The molecule has 2 rings (SSSR count). The lowest BCUT2D eigenvalue weighted by Gasteiger charge is -2.28. The monoisotopic (exact) mass is 230 g/mol. The molecular formula is C8H14N4O2S. The van der Waals surface area contributed by atoms with Crippen LogP contribution in [0.1, 0.15) is 6.92 Å². The summed E-state index contributed by atoms with van der Waals surface area (Å²) in [5.74, 6) is 1.34. The molecule has 84 valence electrons. The third kappa shape index (κ3) is 2.35. The van der Waals surface area contributed by atoms with Gasteiger partial charge in [0.15, 0.2) is 11.7 Å². The van der Waals surface area contributed by atoms with Crippen LogP contribution in [0, 0.1) is 0 Å². The highest BCUT2D eigenvalue weighted by atomic mass is 32.2. The Morgan fingerprint density at radius 3 is 2.87 bits per heavy atom. The number of hydrogen-bond donors (Lipinski definition) is 1. The molecule has 2 aliphatic rings. The highest BCUT2D eigenvalue weighted by molar-refractivity contribution is 7.83. The molecule has 1 saturated heterocycles. The Bertz CT molecular complexity index is 323. The first-order valence-electron chi connectivity index (χ1n) is 4.97. The number of ether oxygens (including phenoxy) is 1.